The highest BCUT2D eigenvalue weighted by molar-refractivity contribution is 5.70. The fourth-order valence-corrected chi connectivity index (χ4v) is 5.86. The molecule has 1 atom stereocenters. The zero-order valence-corrected chi connectivity index (χ0v) is 36.6. The van der Waals surface area contributed by atoms with E-state index in [0.29, 0.717) is 12.8 Å². The molecule has 5 nitrogen and oxygen atoms in total. The third-order valence-corrected chi connectivity index (χ3v) is 9.30. The fourth-order valence-electron chi connectivity index (χ4n) is 5.86. The minimum Gasteiger partial charge on any atom is -0.462 e. The van der Waals surface area contributed by atoms with Gasteiger partial charge in [0.25, 0.3) is 0 Å². The molecule has 0 aromatic heterocycles. The van der Waals surface area contributed by atoms with Gasteiger partial charge >= 0.3 is 11.9 Å². The molecule has 0 aliphatic rings. The first kappa shape index (κ1) is 53.6. The van der Waals surface area contributed by atoms with Crippen molar-refractivity contribution in [3.8, 4) is 0 Å². The molecule has 0 saturated carbocycles. The van der Waals surface area contributed by atoms with Gasteiger partial charge in [0.15, 0.2) is 6.10 Å². The Morgan fingerprint density at radius 2 is 0.754 bits per heavy atom. The van der Waals surface area contributed by atoms with Gasteiger partial charge in [-0.3, -0.25) is 9.59 Å². The molecular formula is C52H84O5. The summed E-state index contributed by atoms with van der Waals surface area (Å²) in [6.45, 7) is 3.96. The molecule has 0 radical (unpaired) electrons. The Hall–Kier alpha value is -3.44. The zero-order chi connectivity index (χ0) is 41.4. The van der Waals surface area contributed by atoms with Crippen molar-refractivity contribution >= 4 is 11.9 Å². The minimum atomic E-state index is -0.789. The number of esters is 2. The number of aliphatic hydroxyl groups is 1. The van der Waals surface area contributed by atoms with Gasteiger partial charge in [-0.05, 0) is 103 Å². The van der Waals surface area contributed by atoms with Gasteiger partial charge < -0.3 is 14.6 Å². The Kier molecular flexibility index (Phi) is 44.1. The molecule has 0 aromatic carbocycles. The molecule has 0 aliphatic carbocycles. The smallest absolute Gasteiger partial charge is 0.306 e. The maximum atomic E-state index is 12.2. The van der Waals surface area contributed by atoms with Gasteiger partial charge in [-0.25, -0.2) is 0 Å². The van der Waals surface area contributed by atoms with Crippen LogP contribution in [0, 0.1) is 0 Å². The summed E-state index contributed by atoms with van der Waals surface area (Å²) >= 11 is 0. The van der Waals surface area contributed by atoms with E-state index in [1.165, 1.54) is 57.8 Å². The van der Waals surface area contributed by atoms with Crippen molar-refractivity contribution in [2.75, 3.05) is 13.2 Å². The summed E-state index contributed by atoms with van der Waals surface area (Å²) in [6, 6.07) is 0. The number of hydrogen-bond donors (Lipinski definition) is 1. The van der Waals surface area contributed by atoms with E-state index in [2.05, 4.69) is 123 Å². The molecule has 0 heterocycles. The summed E-state index contributed by atoms with van der Waals surface area (Å²) in [5.41, 5.74) is 0. The normalized spacial score (nSPS) is 13.2. The largest absolute Gasteiger partial charge is 0.462 e. The highest BCUT2D eigenvalue weighted by Gasteiger charge is 2.16. The number of carbonyl (C=O) groups excluding carboxylic acids is 2. The lowest BCUT2D eigenvalue weighted by molar-refractivity contribution is -0.161. The van der Waals surface area contributed by atoms with Crippen molar-refractivity contribution in [3.05, 3.63) is 109 Å². The Labute approximate surface area is 350 Å². The molecule has 5 heteroatoms. The van der Waals surface area contributed by atoms with Crippen LogP contribution >= 0.6 is 0 Å². The van der Waals surface area contributed by atoms with E-state index in [4.69, 9.17) is 9.47 Å². The van der Waals surface area contributed by atoms with E-state index in [-0.39, 0.29) is 25.2 Å². The lowest BCUT2D eigenvalue weighted by Gasteiger charge is -2.15. The fraction of sp³-hybridized carbons (Fsp3) is 0.615. The third-order valence-electron chi connectivity index (χ3n) is 9.30. The van der Waals surface area contributed by atoms with Crippen LogP contribution in [0.5, 0.6) is 0 Å². The predicted octanol–water partition coefficient (Wildman–Crippen LogP) is 15.0. The van der Waals surface area contributed by atoms with Crippen LogP contribution in [-0.4, -0.2) is 36.4 Å². The summed E-state index contributed by atoms with van der Waals surface area (Å²) < 4.78 is 10.6. The van der Waals surface area contributed by atoms with Crippen LogP contribution in [0.1, 0.15) is 187 Å². The average molecular weight is 789 g/mol. The predicted molar refractivity (Wildman–Crippen MR) is 246 cm³/mol. The first-order valence-electron chi connectivity index (χ1n) is 22.9. The van der Waals surface area contributed by atoms with Crippen molar-refractivity contribution in [2.24, 2.45) is 0 Å². The minimum absolute atomic E-state index is 0.0826. The van der Waals surface area contributed by atoms with Gasteiger partial charge in [-0.15, -0.1) is 0 Å². The highest BCUT2D eigenvalue weighted by Crippen LogP contribution is 2.12. The van der Waals surface area contributed by atoms with E-state index in [9.17, 15) is 14.7 Å². The van der Waals surface area contributed by atoms with Crippen molar-refractivity contribution in [2.45, 2.75) is 193 Å². The number of hydrogen-bond acceptors (Lipinski definition) is 5. The lowest BCUT2D eigenvalue weighted by Crippen LogP contribution is -2.28. The lowest BCUT2D eigenvalue weighted by atomic mass is 10.1. The summed E-state index contributed by atoms with van der Waals surface area (Å²) in [5.74, 6) is -0.628. The Bertz CT molecular complexity index is 1160. The average Bonchev–Trinajstić information content (AvgIpc) is 3.21. The number of carbonyl (C=O) groups is 2. The van der Waals surface area contributed by atoms with Crippen molar-refractivity contribution in [1.29, 1.82) is 0 Å². The summed E-state index contributed by atoms with van der Waals surface area (Å²) in [5, 5.41) is 9.57. The maximum Gasteiger partial charge on any atom is 0.306 e. The number of aliphatic hydroxyl groups excluding tert-OH is 1. The second kappa shape index (κ2) is 46.9. The standard InChI is InChI=1S/C52H84O5/c1-3-5-7-9-11-13-15-17-18-19-20-21-22-23-24-25-26-27-28-29-30-31-32-33-34-35-37-39-41-43-45-47-52(55)57-50(48-53)49-56-51(54)46-44-42-40-38-36-16-14-12-10-8-6-4-2/h5,7,11-14,17-18,20-21,23-24,26-27,29-30,32-33,50,53H,3-4,6,8-10,15-16,19,22,25,28,31,34-49H2,1-2H3/b7-5-,13-11-,14-12-,18-17-,21-20-,24-23-,27-26-,30-29-,33-32-. The van der Waals surface area contributed by atoms with E-state index >= 15 is 0 Å². The molecule has 57 heavy (non-hydrogen) atoms. The van der Waals surface area contributed by atoms with Gasteiger partial charge in [-0.1, -0.05) is 181 Å². The molecular weight excluding hydrogens is 705 g/mol. The second-order valence-electron chi connectivity index (χ2n) is 14.7. The van der Waals surface area contributed by atoms with E-state index in [0.717, 1.165) is 103 Å². The second-order valence-corrected chi connectivity index (χ2v) is 14.7. The molecule has 0 bridgehead atoms. The highest BCUT2D eigenvalue weighted by atomic mass is 16.6. The van der Waals surface area contributed by atoms with E-state index in [1.807, 2.05) is 0 Å². The van der Waals surface area contributed by atoms with Crippen molar-refractivity contribution in [3.63, 3.8) is 0 Å². The number of rotatable bonds is 40. The number of unbranched alkanes of at least 4 members (excludes halogenated alkanes) is 14. The molecule has 1 unspecified atom stereocenters. The Morgan fingerprint density at radius 1 is 0.421 bits per heavy atom. The monoisotopic (exact) mass is 789 g/mol. The number of allylic oxidation sites excluding steroid dienone is 18. The molecule has 0 aromatic rings. The van der Waals surface area contributed by atoms with E-state index < -0.39 is 6.10 Å². The molecule has 322 valence electrons. The molecule has 0 amide bonds. The van der Waals surface area contributed by atoms with Crippen molar-refractivity contribution in [1.82, 2.24) is 0 Å². The first-order valence-corrected chi connectivity index (χ1v) is 22.9. The van der Waals surface area contributed by atoms with Crippen LogP contribution in [0.3, 0.4) is 0 Å². The SMILES string of the molecule is CC/C=C\C/C=C\C/C=C\C/C=C\C/C=C\C/C=C\C/C=C\C/C=C\CCCCCCCCC(=O)OC(CO)COC(=O)CCCCCCC/C=C\CCCCC. The Balaban J connectivity index is 3.64. The topological polar surface area (TPSA) is 72.8 Å². The van der Waals surface area contributed by atoms with Gasteiger partial charge in [-0.2, -0.15) is 0 Å². The van der Waals surface area contributed by atoms with Crippen LogP contribution in [-0.2, 0) is 19.1 Å². The molecule has 1 N–H and O–H groups in total. The summed E-state index contributed by atoms with van der Waals surface area (Å²) in [4.78, 5) is 24.3. The molecule has 0 aliphatic heterocycles. The zero-order valence-electron chi connectivity index (χ0n) is 36.6. The van der Waals surface area contributed by atoms with Crippen molar-refractivity contribution < 1.29 is 24.2 Å². The first-order chi connectivity index (χ1) is 28.1. The maximum absolute atomic E-state index is 12.2. The van der Waals surface area contributed by atoms with Gasteiger partial charge in [0.05, 0.1) is 6.61 Å². The van der Waals surface area contributed by atoms with Gasteiger partial charge in [0, 0.05) is 12.8 Å². The molecule has 0 fully saturated rings. The molecule has 0 rings (SSSR count). The van der Waals surface area contributed by atoms with Crippen LogP contribution in [0.4, 0.5) is 0 Å². The molecule has 0 spiro atoms. The van der Waals surface area contributed by atoms with E-state index in [1.54, 1.807) is 0 Å². The van der Waals surface area contributed by atoms with Gasteiger partial charge in [0.1, 0.15) is 6.61 Å². The summed E-state index contributed by atoms with van der Waals surface area (Å²) in [6.07, 6.45) is 67.4. The van der Waals surface area contributed by atoms with Crippen LogP contribution in [0.25, 0.3) is 0 Å². The van der Waals surface area contributed by atoms with Crippen LogP contribution in [0.2, 0.25) is 0 Å². The van der Waals surface area contributed by atoms with Crippen LogP contribution < -0.4 is 0 Å². The Morgan fingerprint density at radius 3 is 1.16 bits per heavy atom. The number of ether oxygens (including phenoxy) is 2. The third kappa shape index (κ3) is 45.1. The molecule has 0 saturated heterocycles. The van der Waals surface area contributed by atoms with Crippen LogP contribution in [0.15, 0.2) is 109 Å². The quantitative estimate of drug-likeness (QED) is 0.0380. The van der Waals surface area contributed by atoms with Gasteiger partial charge in [0.2, 0.25) is 0 Å². The summed E-state index contributed by atoms with van der Waals surface area (Å²) in [7, 11) is 0.